The highest BCUT2D eigenvalue weighted by Crippen LogP contribution is 2.34. The lowest BCUT2D eigenvalue weighted by Gasteiger charge is -2.40. The number of cyclic esters (lactones) is 1. The van der Waals surface area contributed by atoms with Crippen molar-refractivity contribution < 1.29 is 41.7 Å². The summed E-state index contributed by atoms with van der Waals surface area (Å²) < 4.78 is 57.3. The molecule has 2 amide bonds. The largest absolute Gasteiger partial charge is 0.618 e. The first-order valence-corrected chi connectivity index (χ1v) is 15.3. The molecule has 0 bridgehead atoms. The number of hydrogen-bond donors (Lipinski definition) is 0. The molecule has 0 radical (unpaired) electrons. The highest BCUT2D eigenvalue weighted by Gasteiger charge is 2.43. The number of hydrogen-bond acceptors (Lipinski definition) is 7. The molecule has 2 aromatic carbocycles. The topological polar surface area (TPSA) is 98.5 Å². The van der Waals surface area contributed by atoms with Crippen molar-refractivity contribution in [2.45, 2.75) is 57.2 Å². The Hall–Kier alpha value is -4.52. The normalized spacial score (nSPS) is 18.2. The molecule has 3 aliphatic rings. The van der Waals surface area contributed by atoms with E-state index < -0.39 is 11.9 Å². The second-order valence-electron chi connectivity index (χ2n) is 11.7. The quantitative estimate of drug-likeness (QED) is 0.260. The van der Waals surface area contributed by atoms with Crippen molar-refractivity contribution in [3.05, 3.63) is 88.4 Å². The fraction of sp³-hybridized carbons (Fsp3) is 0.424. The van der Waals surface area contributed by atoms with Gasteiger partial charge in [0.25, 0.3) is 5.91 Å². The van der Waals surface area contributed by atoms with Crippen LogP contribution in [0.3, 0.4) is 0 Å². The van der Waals surface area contributed by atoms with Gasteiger partial charge in [-0.25, -0.2) is 4.79 Å². The van der Waals surface area contributed by atoms with Crippen LogP contribution in [0.25, 0.3) is 0 Å². The van der Waals surface area contributed by atoms with E-state index in [0.29, 0.717) is 68.9 Å². The molecule has 3 aliphatic heterocycles. The van der Waals surface area contributed by atoms with E-state index in [1.165, 1.54) is 19.2 Å². The molecule has 1 aromatic heterocycles. The summed E-state index contributed by atoms with van der Waals surface area (Å²) in [6, 6.07) is 15.4. The van der Waals surface area contributed by atoms with Gasteiger partial charge >= 0.3 is 18.0 Å². The fourth-order valence-corrected chi connectivity index (χ4v) is 6.53. The summed E-state index contributed by atoms with van der Waals surface area (Å²) in [6.45, 7) is 2.21. The van der Waals surface area contributed by atoms with Gasteiger partial charge in [-0.3, -0.25) is 14.6 Å². The van der Waals surface area contributed by atoms with Crippen LogP contribution in [0, 0.1) is 5.21 Å². The van der Waals surface area contributed by atoms with Crippen molar-refractivity contribution in [2.24, 2.45) is 0 Å². The Bertz CT molecular complexity index is 1590. The molecule has 0 spiro atoms. The predicted molar refractivity (Wildman–Crippen MR) is 160 cm³/mol. The molecule has 2 fully saturated rings. The molecule has 0 N–H and O–H groups in total. The van der Waals surface area contributed by atoms with Gasteiger partial charge in [-0.1, -0.05) is 18.2 Å². The Morgan fingerprint density at radius 3 is 2.48 bits per heavy atom. The number of anilines is 1. The first kappa shape index (κ1) is 31.5. The zero-order chi connectivity index (χ0) is 32.4. The summed E-state index contributed by atoms with van der Waals surface area (Å²) in [5.74, 6) is 0.739. The van der Waals surface area contributed by atoms with Crippen molar-refractivity contribution in [3.8, 4) is 11.5 Å². The third-order valence-corrected chi connectivity index (χ3v) is 8.86. The van der Waals surface area contributed by atoms with Crippen LogP contribution in [0.4, 0.5) is 23.7 Å². The van der Waals surface area contributed by atoms with Crippen LogP contribution in [0.15, 0.2) is 60.8 Å². The number of amides is 2. The third kappa shape index (κ3) is 6.55. The van der Waals surface area contributed by atoms with Gasteiger partial charge in [0.15, 0.2) is 6.20 Å². The van der Waals surface area contributed by atoms with E-state index in [4.69, 9.17) is 14.2 Å². The molecule has 13 heteroatoms. The van der Waals surface area contributed by atoms with Gasteiger partial charge in [0.2, 0.25) is 0 Å². The van der Waals surface area contributed by atoms with Gasteiger partial charge in [0.05, 0.1) is 18.4 Å². The number of fused-ring (bicyclic) bond motifs is 1. The maximum absolute atomic E-state index is 13.5. The molecular weight excluding hydrogens is 605 g/mol. The Balaban J connectivity index is 1.04. The summed E-state index contributed by atoms with van der Waals surface area (Å²) >= 11 is 0. The van der Waals surface area contributed by atoms with Gasteiger partial charge in [0.1, 0.15) is 24.2 Å². The maximum atomic E-state index is 13.5. The number of benzene rings is 2. The molecule has 0 atom stereocenters. The number of rotatable bonds is 7. The average molecular weight is 641 g/mol. The lowest BCUT2D eigenvalue weighted by Crippen LogP contribution is -2.50. The Labute approximate surface area is 264 Å². The van der Waals surface area contributed by atoms with E-state index in [0.717, 1.165) is 17.4 Å². The first-order valence-electron chi connectivity index (χ1n) is 15.3. The van der Waals surface area contributed by atoms with E-state index >= 15 is 0 Å². The van der Waals surface area contributed by atoms with Crippen LogP contribution in [0.2, 0.25) is 0 Å². The SMILES string of the molecule is COc1cc(OC2CCN(Cc3ccc[n+]([O-])c3C(F)(F)F)CC2)ccc1C(=O)N1CCC(N2C(=O)OCc3ccccc32)CC1. The number of para-hydroxylation sites is 1. The lowest BCUT2D eigenvalue weighted by atomic mass is 10.00. The van der Waals surface area contributed by atoms with E-state index in [1.807, 2.05) is 29.2 Å². The van der Waals surface area contributed by atoms with Crippen LogP contribution < -0.4 is 19.1 Å². The summed E-state index contributed by atoms with van der Waals surface area (Å²) in [5.41, 5.74) is 0.984. The molecule has 0 saturated carbocycles. The highest BCUT2D eigenvalue weighted by molar-refractivity contribution is 5.97. The molecule has 46 heavy (non-hydrogen) atoms. The minimum absolute atomic E-state index is 0.0158. The third-order valence-electron chi connectivity index (χ3n) is 8.86. The van der Waals surface area contributed by atoms with Crippen LogP contribution in [-0.2, 0) is 24.1 Å². The molecule has 10 nitrogen and oxygen atoms in total. The lowest BCUT2D eigenvalue weighted by molar-refractivity contribution is -0.629. The molecule has 0 unspecified atom stereocenters. The Morgan fingerprint density at radius 1 is 1.02 bits per heavy atom. The van der Waals surface area contributed by atoms with Crippen molar-refractivity contribution >= 4 is 17.7 Å². The van der Waals surface area contributed by atoms with Gasteiger partial charge in [-0.2, -0.15) is 17.9 Å². The summed E-state index contributed by atoms with van der Waals surface area (Å²) in [6.07, 6.45) is -2.04. The molecule has 244 valence electrons. The summed E-state index contributed by atoms with van der Waals surface area (Å²) in [5, 5.41) is 11.8. The van der Waals surface area contributed by atoms with Crippen molar-refractivity contribution in [3.63, 3.8) is 0 Å². The number of ether oxygens (including phenoxy) is 3. The zero-order valence-electron chi connectivity index (χ0n) is 25.4. The monoisotopic (exact) mass is 640 g/mol. The van der Waals surface area contributed by atoms with E-state index in [9.17, 15) is 28.0 Å². The van der Waals surface area contributed by atoms with Crippen LogP contribution >= 0.6 is 0 Å². The number of carbonyl (C=O) groups excluding carboxylic acids is 2. The van der Waals surface area contributed by atoms with Gasteiger partial charge in [0, 0.05) is 62.0 Å². The molecular formula is C33H35F3N4O6. The minimum Gasteiger partial charge on any atom is -0.618 e. The Morgan fingerprint density at radius 2 is 1.76 bits per heavy atom. The standard InChI is InChI=1S/C33H35F3N4O6/c1-44-29-19-26(46-25-12-15-37(16-13-25)20-22-6-4-14-39(43)30(22)33(34,35)36)8-9-27(29)31(41)38-17-10-24(11-18-38)40-28-7-3-2-5-23(28)21-45-32(40)42/h2-9,14,19,24-25H,10-13,15-18,20-21H2,1H3. The second kappa shape index (κ2) is 13.1. The van der Waals surface area contributed by atoms with Crippen molar-refractivity contribution in [1.82, 2.24) is 9.80 Å². The van der Waals surface area contributed by atoms with Crippen molar-refractivity contribution in [2.75, 3.05) is 38.2 Å². The second-order valence-corrected chi connectivity index (χ2v) is 11.7. The van der Waals surface area contributed by atoms with E-state index in [-0.39, 0.29) is 47.6 Å². The number of pyridine rings is 1. The van der Waals surface area contributed by atoms with Crippen LogP contribution in [0.5, 0.6) is 11.5 Å². The van der Waals surface area contributed by atoms with E-state index in [2.05, 4.69) is 0 Å². The number of halogens is 3. The van der Waals surface area contributed by atoms with Crippen molar-refractivity contribution in [1.29, 1.82) is 0 Å². The smallest absolute Gasteiger partial charge is 0.479 e. The number of aromatic nitrogens is 1. The highest BCUT2D eigenvalue weighted by atomic mass is 19.4. The van der Waals surface area contributed by atoms with Gasteiger partial charge in [-0.05, 0) is 49.9 Å². The number of likely N-dealkylation sites (tertiary alicyclic amines) is 2. The molecule has 2 saturated heterocycles. The minimum atomic E-state index is -4.74. The number of alkyl halides is 3. The zero-order valence-corrected chi connectivity index (χ0v) is 25.4. The van der Waals surface area contributed by atoms with Crippen LogP contribution in [0.1, 0.15) is 52.9 Å². The molecule has 3 aromatic rings. The number of piperidine rings is 2. The average Bonchev–Trinajstić information content (AvgIpc) is 3.05. The van der Waals surface area contributed by atoms with Gasteiger partial charge in [-0.15, -0.1) is 0 Å². The molecule has 0 aliphatic carbocycles. The van der Waals surface area contributed by atoms with Gasteiger partial charge < -0.3 is 24.3 Å². The number of methoxy groups -OCH3 is 1. The Kier molecular flexibility index (Phi) is 8.94. The fourth-order valence-electron chi connectivity index (χ4n) is 6.53. The summed E-state index contributed by atoms with van der Waals surface area (Å²) in [7, 11) is 1.49. The predicted octanol–water partition coefficient (Wildman–Crippen LogP) is 5.15. The number of nitrogens with zero attached hydrogens (tertiary/aromatic N) is 4. The maximum Gasteiger partial charge on any atom is 0.479 e. The summed E-state index contributed by atoms with van der Waals surface area (Å²) in [4.78, 5) is 31.5. The molecule has 4 heterocycles. The molecule has 6 rings (SSSR count). The first-order chi connectivity index (χ1) is 22.1. The van der Waals surface area contributed by atoms with E-state index in [1.54, 1.807) is 28.0 Å². The van der Waals surface area contributed by atoms with Crippen LogP contribution in [-0.4, -0.2) is 67.2 Å². The number of carbonyl (C=O) groups is 2.